The summed E-state index contributed by atoms with van der Waals surface area (Å²) in [6, 6.07) is 10.3. The molecule has 0 bridgehead atoms. The first-order valence-electron chi connectivity index (χ1n) is 9.05. The number of nitrogens with two attached hydrogens (primary N) is 1. The summed E-state index contributed by atoms with van der Waals surface area (Å²) in [5.41, 5.74) is 6.43. The Hall–Kier alpha value is -2.41. The maximum Gasteiger partial charge on any atom is 0.222 e. The van der Waals surface area contributed by atoms with E-state index in [4.69, 9.17) is 5.73 Å². The van der Waals surface area contributed by atoms with E-state index in [9.17, 15) is 9.18 Å². The molecule has 1 heterocycles. The number of carbonyl (C=O) groups is 1. The predicted octanol–water partition coefficient (Wildman–Crippen LogP) is 2.67. The average Bonchev–Trinajstić information content (AvgIpc) is 3.17. The Morgan fingerprint density at radius 2 is 2.07 bits per heavy atom. The van der Waals surface area contributed by atoms with Crippen molar-refractivity contribution in [1.29, 1.82) is 0 Å². The van der Waals surface area contributed by atoms with Crippen molar-refractivity contribution < 1.29 is 9.18 Å². The Morgan fingerprint density at radius 1 is 1.33 bits per heavy atom. The summed E-state index contributed by atoms with van der Waals surface area (Å²) in [7, 11) is 1.98. The van der Waals surface area contributed by atoms with Crippen LogP contribution in [0.4, 0.5) is 4.39 Å². The lowest BCUT2D eigenvalue weighted by molar-refractivity contribution is -0.121. The standard InChI is InChI=1S/C20H27FN4OS/c1-3-23-20(25(2)11-10-18-5-4-12-27-18)24-14-16(19(22)26)13-15-6-8-17(21)9-7-15/h4-9,12,16H,3,10-11,13-14H2,1-2H3,(H2,22,26)(H,23,24). The molecule has 0 fully saturated rings. The lowest BCUT2D eigenvalue weighted by Crippen LogP contribution is -2.40. The molecule has 3 N–H and O–H groups in total. The second-order valence-corrected chi connectivity index (χ2v) is 7.41. The van der Waals surface area contributed by atoms with Gasteiger partial charge in [0.05, 0.1) is 12.5 Å². The molecule has 0 radical (unpaired) electrons. The fraction of sp³-hybridized carbons (Fsp3) is 0.400. The summed E-state index contributed by atoms with van der Waals surface area (Å²) in [5, 5.41) is 5.33. The molecule has 2 aromatic rings. The fourth-order valence-electron chi connectivity index (χ4n) is 2.67. The minimum atomic E-state index is -0.435. The molecular weight excluding hydrogens is 363 g/mol. The third kappa shape index (κ3) is 7.02. The number of hydrogen-bond acceptors (Lipinski definition) is 3. The Bertz CT molecular complexity index is 731. The molecule has 27 heavy (non-hydrogen) atoms. The quantitative estimate of drug-likeness (QED) is 0.511. The van der Waals surface area contributed by atoms with E-state index >= 15 is 0 Å². The molecule has 146 valence electrons. The Kier molecular flexibility index (Phi) is 8.26. The van der Waals surface area contributed by atoms with Gasteiger partial charge in [0.2, 0.25) is 5.91 Å². The average molecular weight is 391 g/mol. The van der Waals surface area contributed by atoms with E-state index in [1.807, 2.05) is 20.0 Å². The zero-order valence-corrected chi connectivity index (χ0v) is 16.6. The van der Waals surface area contributed by atoms with E-state index in [-0.39, 0.29) is 5.82 Å². The van der Waals surface area contributed by atoms with E-state index in [0.717, 1.165) is 31.0 Å². The predicted molar refractivity (Wildman–Crippen MR) is 109 cm³/mol. The van der Waals surface area contributed by atoms with Gasteiger partial charge in [-0.2, -0.15) is 0 Å². The Morgan fingerprint density at radius 3 is 2.67 bits per heavy atom. The fourth-order valence-corrected chi connectivity index (χ4v) is 3.36. The van der Waals surface area contributed by atoms with Gasteiger partial charge in [-0.1, -0.05) is 18.2 Å². The molecule has 0 aliphatic heterocycles. The van der Waals surface area contributed by atoms with Crippen LogP contribution in [0.15, 0.2) is 46.8 Å². The van der Waals surface area contributed by atoms with Crippen LogP contribution in [0.5, 0.6) is 0 Å². The van der Waals surface area contributed by atoms with Crippen molar-refractivity contribution >= 4 is 23.2 Å². The van der Waals surface area contributed by atoms with Gasteiger partial charge < -0.3 is 16.0 Å². The number of nitrogens with zero attached hydrogens (tertiary/aromatic N) is 2. The molecule has 0 aliphatic carbocycles. The topological polar surface area (TPSA) is 70.7 Å². The Balaban J connectivity index is 2.00. The van der Waals surface area contributed by atoms with Gasteiger partial charge in [-0.25, -0.2) is 4.39 Å². The second-order valence-electron chi connectivity index (χ2n) is 6.38. The summed E-state index contributed by atoms with van der Waals surface area (Å²) < 4.78 is 13.1. The number of rotatable bonds is 9. The molecule has 7 heteroatoms. The lowest BCUT2D eigenvalue weighted by atomic mass is 9.99. The van der Waals surface area contributed by atoms with Crippen LogP contribution < -0.4 is 11.1 Å². The van der Waals surface area contributed by atoms with Crippen molar-refractivity contribution in [2.24, 2.45) is 16.6 Å². The van der Waals surface area contributed by atoms with Gasteiger partial charge in [-0.05, 0) is 48.9 Å². The van der Waals surface area contributed by atoms with Crippen LogP contribution >= 0.6 is 11.3 Å². The van der Waals surface area contributed by atoms with Crippen LogP contribution in [0.2, 0.25) is 0 Å². The molecule has 0 aliphatic rings. The highest BCUT2D eigenvalue weighted by atomic mass is 32.1. The molecule has 1 aromatic carbocycles. The van der Waals surface area contributed by atoms with Gasteiger partial charge >= 0.3 is 0 Å². The number of likely N-dealkylation sites (N-methyl/N-ethyl adjacent to an activating group) is 1. The highest BCUT2D eigenvalue weighted by Crippen LogP contribution is 2.12. The third-order valence-corrected chi connectivity index (χ3v) is 5.17. The van der Waals surface area contributed by atoms with Gasteiger partial charge in [0.15, 0.2) is 5.96 Å². The van der Waals surface area contributed by atoms with Gasteiger partial charge in [0, 0.05) is 25.0 Å². The maximum atomic E-state index is 13.1. The normalized spacial score (nSPS) is 12.6. The van der Waals surface area contributed by atoms with E-state index in [0.29, 0.717) is 13.0 Å². The van der Waals surface area contributed by atoms with Crippen LogP contribution in [0.3, 0.4) is 0 Å². The van der Waals surface area contributed by atoms with Crippen molar-refractivity contribution in [1.82, 2.24) is 10.2 Å². The number of nitrogens with one attached hydrogen (secondary N) is 1. The zero-order chi connectivity index (χ0) is 19.6. The van der Waals surface area contributed by atoms with Crippen molar-refractivity contribution in [3.05, 3.63) is 58.0 Å². The molecule has 0 saturated heterocycles. The number of benzene rings is 1. The first kappa shape index (κ1) is 20.9. The van der Waals surface area contributed by atoms with Crippen LogP contribution in [-0.2, 0) is 17.6 Å². The number of hydrogen-bond donors (Lipinski definition) is 2. The first-order chi connectivity index (χ1) is 13.0. The summed E-state index contributed by atoms with van der Waals surface area (Å²) in [6.07, 6.45) is 1.38. The maximum absolute atomic E-state index is 13.1. The van der Waals surface area contributed by atoms with Crippen LogP contribution in [0.1, 0.15) is 17.4 Å². The largest absolute Gasteiger partial charge is 0.369 e. The first-order valence-corrected chi connectivity index (χ1v) is 9.93. The van der Waals surface area contributed by atoms with Gasteiger partial charge in [0.25, 0.3) is 0 Å². The number of amides is 1. The molecule has 1 unspecified atom stereocenters. The molecule has 0 spiro atoms. The monoisotopic (exact) mass is 390 g/mol. The van der Waals surface area contributed by atoms with Gasteiger partial charge in [-0.3, -0.25) is 9.79 Å². The summed E-state index contributed by atoms with van der Waals surface area (Å²) in [5.74, 6) is -0.386. The number of aliphatic imine (C=N–C) groups is 1. The summed E-state index contributed by atoms with van der Waals surface area (Å²) >= 11 is 1.74. The summed E-state index contributed by atoms with van der Waals surface area (Å²) in [6.45, 7) is 3.86. The molecule has 2 rings (SSSR count). The third-order valence-electron chi connectivity index (χ3n) is 4.23. The van der Waals surface area contributed by atoms with Crippen LogP contribution in [0, 0.1) is 11.7 Å². The highest BCUT2D eigenvalue weighted by molar-refractivity contribution is 7.09. The van der Waals surface area contributed by atoms with Gasteiger partial charge in [0.1, 0.15) is 5.82 Å². The smallest absolute Gasteiger partial charge is 0.222 e. The minimum absolute atomic E-state index is 0.290. The van der Waals surface area contributed by atoms with Crippen molar-refractivity contribution in [3.8, 4) is 0 Å². The molecule has 1 amide bonds. The van der Waals surface area contributed by atoms with Crippen molar-refractivity contribution in [2.45, 2.75) is 19.8 Å². The lowest BCUT2D eigenvalue weighted by Gasteiger charge is -2.22. The number of thiophene rings is 1. The zero-order valence-electron chi connectivity index (χ0n) is 15.8. The molecule has 5 nitrogen and oxygen atoms in total. The van der Waals surface area contributed by atoms with Crippen LogP contribution in [-0.4, -0.2) is 43.4 Å². The highest BCUT2D eigenvalue weighted by Gasteiger charge is 2.17. The van der Waals surface area contributed by atoms with Crippen molar-refractivity contribution in [3.63, 3.8) is 0 Å². The molecule has 1 atom stereocenters. The van der Waals surface area contributed by atoms with Gasteiger partial charge in [-0.15, -0.1) is 11.3 Å². The number of carbonyl (C=O) groups excluding carboxylic acids is 1. The van der Waals surface area contributed by atoms with E-state index < -0.39 is 11.8 Å². The molecule has 1 aromatic heterocycles. The van der Waals surface area contributed by atoms with E-state index in [2.05, 4.69) is 26.7 Å². The van der Waals surface area contributed by atoms with E-state index in [1.165, 1.54) is 17.0 Å². The van der Waals surface area contributed by atoms with E-state index in [1.54, 1.807) is 23.5 Å². The molecular formula is C20H27FN4OS. The minimum Gasteiger partial charge on any atom is -0.369 e. The van der Waals surface area contributed by atoms with Crippen molar-refractivity contribution in [2.75, 3.05) is 26.7 Å². The number of halogens is 1. The SMILES string of the molecule is CCNC(=NCC(Cc1ccc(F)cc1)C(N)=O)N(C)CCc1cccs1. The molecule has 0 saturated carbocycles. The summed E-state index contributed by atoms with van der Waals surface area (Å²) in [4.78, 5) is 19.8. The Labute approximate surface area is 164 Å². The number of primary amides is 1. The van der Waals surface area contributed by atoms with Crippen LogP contribution in [0.25, 0.3) is 0 Å². The second kappa shape index (κ2) is 10.7. The number of guanidine groups is 1.